The van der Waals surface area contributed by atoms with Crippen LogP contribution in [0.3, 0.4) is 0 Å². The molecule has 2 aromatic carbocycles. The summed E-state index contributed by atoms with van der Waals surface area (Å²) in [5.74, 6) is -0.144. The normalized spacial score (nSPS) is 14.4. The van der Waals surface area contributed by atoms with Gasteiger partial charge in [0.1, 0.15) is 5.75 Å². The molecule has 152 valence electrons. The Labute approximate surface area is 169 Å². The van der Waals surface area contributed by atoms with Gasteiger partial charge in [0, 0.05) is 25.2 Å². The molecule has 1 heterocycles. The molecule has 3 rings (SSSR count). The van der Waals surface area contributed by atoms with Crippen LogP contribution in [0.25, 0.3) is 0 Å². The van der Waals surface area contributed by atoms with Crippen molar-refractivity contribution in [2.45, 2.75) is 32.4 Å². The second-order valence-electron chi connectivity index (χ2n) is 6.81. The molecule has 0 unspecified atom stereocenters. The Morgan fingerprint density at radius 3 is 2.38 bits per heavy atom. The highest BCUT2D eigenvalue weighted by Crippen LogP contribution is 2.22. The Balaban J connectivity index is 1.51. The summed E-state index contributed by atoms with van der Waals surface area (Å²) in [5.41, 5.74) is 1.99. The van der Waals surface area contributed by atoms with Gasteiger partial charge in [0.2, 0.25) is 5.91 Å². The third-order valence-electron chi connectivity index (χ3n) is 4.77. The number of benzene rings is 2. The largest absolute Gasteiger partial charge is 0.497 e. The van der Waals surface area contributed by atoms with Crippen molar-refractivity contribution in [1.82, 2.24) is 5.32 Å². The first kappa shape index (κ1) is 20.4. The fourth-order valence-corrected chi connectivity index (χ4v) is 3.06. The van der Waals surface area contributed by atoms with Gasteiger partial charge in [-0.3, -0.25) is 9.59 Å². The quantitative estimate of drug-likeness (QED) is 0.728. The highest BCUT2D eigenvalue weighted by Gasteiger charge is 2.22. The van der Waals surface area contributed by atoms with Crippen LogP contribution >= 0.6 is 0 Å². The maximum Gasteiger partial charge on any atom is 0.338 e. The number of amides is 2. The van der Waals surface area contributed by atoms with Gasteiger partial charge in [0.15, 0.2) is 6.10 Å². The van der Waals surface area contributed by atoms with Crippen molar-refractivity contribution in [2.24, 2.45) is 0 Å². The Morgan fingerprint density at radius 2 is 1.79 bits per heavy atom. The molecule has 0 aromatic heterocycles. The summed E-state index contributed by atoms with van der Waals surface area (Å²) in [4.78, 5) is 38.0. The molecule has 1 N–H and O–H groups in total. The highest BCUT2D eigenvalue weighted by molar-refractivity contribution is 5.96. The number of carbonyl (C=O) groups excluding carboxylic acids is 3. The predicted octanol–water partition coefficient (Wildman–Crippen LogP) is 2.68. The number of methoxy groups -OCH3 is 1. The van der Waals surface area contributed by atoms with Crippen LogP contribution in [0.2, 0.25) is 0 Å². The van der Waals surface area contributed by atoms with Crippen LogP contribution in [0, 0.1) is 0 Å². The van der Waals surface area contributed by atoms with E-state index in [-0.39, 0.29) is 11.8 Å². The van der Waals surface area contributed by atoms with Crippen molar-refractivity contribution in [3.8, 4) is 5.75 Å². The molecule has 1 saturated heterocycles. The van der Waals surface area contributed by atoms with Gasteiger partial charge in [-0.15, -0.1) is 0 Å². The minimum absolute atomic E-state index is 0.0856. The number of hydrogen-bond acceptors (Lipinski definition) is 5. The summed E-state index contributed by atoms with van der Waals surface area (Å²) in [6.45, 7) is 2.54. The molecule has 0 aliphatic carbocycles. The van der Waals surface area contributed by atoms with Crippen LogP contribution < -0.4 is 15.0 Å². The number of esters is 1. The lowest BCUT2D eigenvalue weighted by atomic mass is 10.2. The van der Waals surface area contributed by atoms with Crippen LogP contribution in [-0.4, -0.2) is 37.5 Å². The van der Waals surface area contributed by atoms with E-state index in [4.69, 9.17) is 9.47 Å². The van der Waals surface area contributed by atoms with E-state index in [1.54, 1.807) is 36.3 Å². The maximum absolute atomic E-state index is 12.3. The van der Waals surface area contributed by atoms with Crippen LogP contribution in [0.1, 0.15) is 35.7 Å². The van der Waals surface area contributed by atoms with Crippen LogP contribution in [0.5, 0.6) is 5.75 Å². The zero-order valence-electron chi connectivity index (χ0n) is 16.5. The Bertz CT molecular complexity index is 877. The first-order valence-electron chi connectivity index (χ1n) is 9.50. The molecule has 29 heavy (non-hydrogen) atoms. The molecule has 0 radical (unpaired) electrons. The number of ether oxygens (including phenoxy) is 2. The van der Waals surface area contributed by atoms with Crippen molar-refractivity contribution >= 4 is 23.5 Å². The zero-order chi connectivity index (χ0) is 20.8. The standard InChI is InChI=1S/C22H24N2O5/c1-15(21(26)23-14-16-5-11-19(28-2)12-6-16)29-22(27)17-7-9-18(10-8-17)24-13-3-4-20(24)25/h5-12,15H,3-4,13-14H2,1-2H3,(H,23,26)/t15-/m1/s1. The minimum Gasteiger partial charge on any atom is -0.497 e. The monoisotopic (exact) mass is 396 g/mol. The van der Waals surface area contributed by atoms with Crippen LogP contribution in [0.15, 0.2) is 48.5 Å². The summed E-state index contributed by atoms with van der Waals surface area (Å²) in [7, 11) is 1.59. The SMILES string of the molecule is COc1ccc(CNC(=O)[C@@H](C)OC(=O)c2ccc(N3CCCC3=O)cc2)cc1. The lowest BCUT2D eigenvalue weighted by Crippen LogP contribution is -2.35. The molecule has 0 spiro atoms. The van der Waals surface area contributed by atoms with Gasteiger partial charge in [0.25, 0.3) is 5.91 Å². The highest BCUT2D eigenvalue weighted by atomic mass is 16.5. The number of nitrogens with zero attached hydrogens (tertiary/aromatic N) is 1. The van der Waals surface area contributed by atoms with Crippen molar-refractivity contribution in [3.63, 3.8) is 0 Å². The number of nitrogens with one attached hydrogen (secondary N) is 1. The van der Waals surface area contributed by atoms with E-state index in [1.807, 2.05) is 24.3 Å². The lowest BCUT2D eigenvalue weighted by molar-refractivity contribution is -0.129. The average Bonchev–Trinajstić information content (AvgIpc) is 3.18. The van der Waals surface area contributed by atoms with E-state index in [9.17, 15) is 14.4 Å². The van der Waals surface area contributed by atoms with Crippen molar-refractivity contribution in [3.05, 3.63) is 59.7 Å². The van der Waals surface area contributed by atoms with Gasteiger partial charge in [-0.1, -0.05) is 12.1 Å². The Hall–Kier alpha value is -3.35. The number of carbonyl (C=O) groups is 3. The Kier molecular flexibility index (Phi) is 6.49. The van der Waals surface area contributed by atoms with Gasteiger partial charge >= 0.3 is 5.97 Å². The number of hydrogen-bond donors (Lipinski definition) is 1. The van der Waals surface area contributed by atoms with E-state index >= 15 is 0 Å². The molecule has 7 nitrogen and oxygen atoms in total. The number of anilines is 1. The maximum atomic E-state index is 12.3. The third-order valence-corrected chi connectivity index (χ3v) is 4.77. The van der Waals surface area contributed by atoms with Crippen molar-refractivity contribution in [2.75, 3.05) is 18.6 Å². The van der Waals surface area contributed by atoms with Crippen molar-refractivity contribution < 1.29 is 23.9 Å². The van der Waals surface area contributed by atoms with E-state index < -0.39 is 12.1 Å². The molecular formula is C22H24N2O5. The second kappa shape index (κ2) is 9.23. The van der Waals surface area contributed by atoms with Crippen LogP contribution in [-0.2, 0) is 20.9 Å². The minimum atomic E-state index is -0.930. The summed E-state index contributed by atoms with van der Waals surface area (Å²) in [6.07, 6.45) is 0.458. The van der Waals surface area contributed by atoms with Crippen molar-refractivity contribution in [1.29, 1.82) is 0 Å². The van der Waals surface area contributed by atoms with Gasteiger partial charge in [-0.25, -0.2) is 4.79 Å². The molecule has 1 aliphatic heterocycles. The van der Waals surface area contributed by atoms with E-state index in [2.05, 4.69) is 5.32 Å². The molecular weight excluding hydrogens is 372 g/mol. The van der Waals surface area contributed by atoms with Gasteiger partial charge in [-0.05, 0) is 55.3 Å². The average molecular weight is 396 g/mol. The fourth-order valence-electron chi connectivity index (χ4n) is 3.06. The zero-order valence-corrected chi connectivity index (χ0v) is 16.5. The topological polar surface area (TPSA) is 84.9 Å². The Morgan fingerprint density at radius 1 is 1.10 bits per heavy atom. The fraction of sp³-hybridized carbons (Fsp3) is 0.318. The van der Waals surface area contributed by atoms with Crippen LogP contribution in [0.4, 0.5) is 5.69 Å². The molecule has 0 bridgehead atoms. The van der Waals surface area contributed by atoms with Gasteiger partial charge < -0.3 is 19.7 Å². The second-order valence-corrected chi connectivity index (χ2v) is 6.81. The molecule has 0 saturated carbocycles. The molecule has 7 heteroatoms. The molecule has 1 aliphatic rings. The molecule has 1 fully saturated rings. The molecule has 2 aromatic rings. The van der Waals surface area contributed by atoms with E-state index in [0.29, 0.717) is 25.1 Å². The third kappa shape index (κ3) is 5.13. The molecule has 1 atom stereocenters. The summed E-state index contributed by atoms with van der Waals surface area (Å²) in [6, 6.07) is 14.0. The predicted molar refractivity (Wildman–Crippen MR) is 108 cm³/mol. The van der Waals surface area contributed by atoms with E-state index in [1.165, 1.54) is 6.92 Å². The summed E-state index contributed by atoms with van der Waals surface area (Å²) < 4.78 is 10.4. The van der Waals surface area contributed by atoms with E-state index in [0.717, 1.165) is 23.4 Å². The summed E-state index contributed by atoms with van der Waals surface area (Å²) >= 11 is 0. The van der Waals surface area contributed by atoms with Gasteiger partial charge in [0.05, 0.1) is 12.7 Å². The molecule has 2 amide bonds. The first-order chi connectivity index (χ1) is 14.0. The lowest BCUT2D eigenvalue weighted by Gasteiger charge is -2.16. The number of rotatable bonds is 7. The smallest absolute Gasteiger partial charge is 0.338 e. The first-order valence-corrected chi connectivity index (χ1v) is 9.50. The summed E-state index contributed by atoms with van der Waals surface area (Å²) in [5, 5.41) is 2.74. The van der Waals surface area contributed by atoms with Gasteiger partial charge in [-0.2, -0.15) is 0 Å².